The van der Waals surface area contributed by atoms with Crippen LogP contribution < -0.4 is 10.0 Å². The van der Waals surface area contributed by atoms with Crippen molar-refractivity contribution in [3.63, 3.8) is 0 Å². The molecular weight excluding hydrogens is 463 g/mol. The lowest BCUT2D eigenvalue weighted by Crippen LogP contribution is -2.37. The van der Waals surface area contributed by atoms with Crippen LogP contribution in [0.1, 0.15) is 19.3 Å². The standard InChI is InChI=1S/C21H20Cl2N2O5S/c22-13-8-14(23)10-16(9-13)25-31(29,30)17-5-3-15(4-6-17)24-20(26)18-11-1-2-12(7-11)19(18)21(27)28/h3-6,8-12,18-19,25H,1-2,7H2,(H,24,26)(H,27,28)/t11-,12-,18+,19-/m0/s1. The van der Waals surface area contributed by atoms with Crippen LogP contribution >= 0.6 is 23.2 Å². The summed E-state index contributed by atoms with van der Waals surface area (Å²) in [5.41, 5.74) is 0.632. The molecule has 0 unspecified atom stereocenters. The Balaban J connectivity index is 1.46. The number of aliphatic carboxylic acids is 1. The van der Waals surface area contributed by atoms with Crippen LogP contribution in [-0.2, 0) is 19.6 Å². The van der Waals surface area contributed by atoms with E-state index in [2.05, 4.69) is 10.0 Å². The number of amides is 1. The maximum absolute atomic E-state index is 12.8. The van der Waals surface area contributed by atoms with Gasteiger partial charge in [-0.05, 0) is 73.6 Å². The molecule has 0 aromatic heterocycles. The van der Waals surface area contributed by atoms with Crippen LogP contribution in [0.3, 0.4) is 0 Å². The maximum Gasteiger partial charge on any atom is 0.307 e. The molecule has 7 nitrogen and oxygen atoms in total. The number of halogens is 2. The van der Waals surface area contributed by atoms with Gasteiger partial charge in [0.1, 0.15) is 0 Å². The second kappa shape index (κ2) is 8.33. The van der Waals surface area contributed by atoms with E-state index in [1.165, 1.54) is 42.5 Å². The summed E-state index contributed by atoms with van der Waals surface area (Å²) in [6.45, 7) is 0. The Labute approximate surface area is 189 Å². The Morgan fingerprint density at radius 3 is 2.06 bits per heavy atom. The van der Waals surface area contributed by atoms with Crippen molar-refractivity contribution >= 4 is 56.5 Å². The summed E-state index contributed by atoms with van der Waals surface area (Å²) < 4.78 is 27.7. The third kappa shape index (κ3) is 4.51. The van der Waals surface area contributed by atoms with Gasteiger partial charge in [-0.3, -0.25) is 14.3 Å². The minimum atomic E-state index is -3.89. The van der Waals surface area contributed by atoms with E-state index in [1.54, 1.807) is 0 Å². The van der Waals surface area contributed by atoms with Gasteiger partial charge in [0.25, 0.3) is 10.0 Å². The molecule has 0 aliphatic heterocycles. The van der Waals surface area contributed by atoms with E-state index < -0.39 is 27.8 Å². The van der Waals surface area contributed by atoms with Crippen molar-refractivity contribution in [1.82, 2.24) is 0 Å². The van der Waals surface area contributed by atoms with Gasteiger partial charge in [-0.15, -0.1) is 0 Å². The Morgan fingerprint density at radius 2 is 1.48 bits per heavy atom. The summed E-state index contributed by atoms with van der Waals surface area (Å²) in [6, 6.07) is 10.0. The van der Waals surface area contributed by atoms with Crippen molar-refractivity contribution in [3.05, 3.63) is 52.5 Å². The largest absolute Gasteiger partial charge is 0.481 e. The van der Waals surface area contributed by atoms with Crippen LogP contribution in [0.4, 0.5) is 11.4 Å². The molecular formula is C21H20Cl2N2O5S. The summed E-state index contributed by atoms with van der Waals surface area (Å²) in [6.07, 6.45) is 2.48. The molecule has 0 saturated heterocycles. The smallest absolute Gasteiger partial charge is 0.307 e. The molecule has 2 bridgehead atoms. The molecule has 2 fully saturated rings. The second-order valence-electron chi connectivity index (χ2n) is 8.00. The van der Waals surface area contributed by atoms with Crippen LogP contribution in [0.15, 0.2) is 47.4 Å². The van der Waals surface area contributed by atoms with Gasteiger partial charge >= 0.3 is 5.97 Å². The van der Waals surface area contributed by atoms with Gasteiger partial charge < -0.3 is 10.4 Å². The molecule has 0 radical (unpaired) electrons. The number of carboxylic acid groups (broad SMARTS) is 1. The van der Waals surface area contributed by atoms with Crippen LogP contribution in [-0.4, -0.2) is 25.4 Å². The number of hydrogen-bond acceptors (Lipinski definition) is 4. The zero-order chi connectivity index (χ0) is 22.3. The Morgan fingerprint density at radius 1 is 0.903 bits per heavy atom. The lowest BCUT2D eigenvalue weighted by Gasteiger charge is -2.27. The second-order valence-corrected chi connectivity index (χ2v) is 10.6. The van der Waals surface area contributed by atoms with Gasteiger partial charge in [0, 0.05) is 15.7 Å². The molecule has 0 heterocycles. The number of carbonyl (C=O) groups excluding carboxylic acids is 1. The number of fused-ring (bicyclic) bond motifs is 2. The molecule has 2 aromatic carbocycles. The first-order valence-electron chi connectivity index (χ1n) is 9.77. The molecule has 2 saturated carbocycles. The molecule has 164 valence electrons. The van der Waals surface area contributed by atoms with Gasteiger partial charge in [0.2, 0.25) is 5.91 Å². The minimum absolute atomic E-state index is 0.00932. The molecule has 2 aromatic rings. The average Bonchev–Trinajstić information content (AvgIpc) is 3.28. The summed E-state index contributed by atoms with van der Waals surface area (Å²) >= 11 is 11.8. The fourth-order valence-corrected chi connectivity index (χ4v) is 6.36. The number of carbonyl (C=O) groups is 2. The lowest BCUT2D eigenvalue weighted by molar-refractivity contribution is -0.148. The normalized spacial score (nSPS) is 24.7. The highest BCUT2D eigenvalue weighted by molar-refractivity contribution is 7.92. The fourth-order valence-electron chi connectivity index (χ4n) is 4.79. The van der Waals surface area contributed by atoms with Crippen molar-refractivity contribution in [2.24, 2.45) is 23.7 Å². The van der Waals surface area contributed by atoms with E-state index in [1.807, 2.05) is 0 Å². The van der Waals surface area contributed by atoms with Gasteiger partial charge in [-0.25, -0.2) is 8.42 Å². The van der Waals surface area contributed by atoms with Crippen LogP contribution in [0, 0.1) is 23.7 Å². The molecule has 1 amide bonds. The summed E-state index contributed by atoms with van der Waals surface area (Å²) in [5.74, 6) is -2.35. The van der Waals surface area contributed by atoms with Crippen LogP contribution in [0.25, 0.3) is 0 Å². The predicted octanol–water partition coefficient (Wildman–Crippen LogP) is 4.48. The first-order valence-corrected chi connectivity index (χ1v) is 12.0. The number of nitrogens with one attached hydrogen (secondary N) is 2. The van der Waals surface area contributed by atoms with E-state index in [4.69, 9.17) is 23.2 Å². The topological polar surface area (TPSA) is 113 Å². The zero-order valence-electron chi connectivity index (χ0n) is 16.2. The highest BCUT2D eigenvalue weighted by Gasteiger charge is 2.53. The van der Waals surface area contributed by atoms with Gasteiger partial charge in [-0.2, -0.15) is 0 Å². The quantitative estimate of drug-likeness (QED) is 0.561. The van der Waals surface area contributed by atoms with Gasteiger partial charge in [-0.1, -0.05) is 23.2 Å². The maximum atomic E-state index is 12.8. The van der Waals surface area contributed by atoms with E-state index in [-0.39, 0.29) is 28.3 Å². The summed E-state index contributed by atoms with van der Waals surface area (Å²) in [5, 5.41) is 12.9. The van der Waals surface area contributed by atoms with Crippen molar-refractivity contribution in [2.45, 2.75) is 24.2 Å². The molecule has 3 N–H and O–H groups in total. The van der Waals surface area contributed by atoms with E-state index >= 15 is 0 Å². The number of rotatable bonds is 6. The number of anilines is 2. The first-order chi connectivity index (χ1) is 14.6. The van der Waals surface area contributed by atoms with Gasteiger partial charge in [0.15, 0.2) is 0 Å². The Kier molecular flexibility index (Phi) is 5.89. The van der Waals surface area contributed by atoms with Crippen molar-refractivity contribution < 1.29 is 23.1 Å². The number of benzene rings is 2. The highest BCUT2D eigenvalue weighted by atomic mass is 35.5. The Bertz CT molecular complexity index is 1120. The van der Waals surface area contributed by atoms with E-state index in [0.717, 1.165) is 19.3 Å². The Hall–Kier alpha value is -2.29. The zero-order valence-corrected chi connectivity index (χ0v) is 18.5. The van der Waals surface area contributed by atoms with Crippen LogP contribution in [0.2, 0.25) is 10.0 Å². The van der Waals surface area contributed by atoms with E-state index in [0.29, 0.717) is 15.7 Å². The highest BCUT2D eigenvalue weighted by Crippen LogP contribution is 2.52. The SMILES string of the molecule is O=C(Nc1ccc(S(=O)(=O)Nc2cc(Cl)cc(Cl)c2)cc1)[C@@H]1[C@H]2CC[C@@H](C2)[C@@H]1C(=O)O. The third-order valence-corrected chi connectivity index (χ3v) is 7.88. The van der Waals surface area contributed by atoms with Crippen LogP contribution in [0.5, 0.6) is 0 Å². The monoisotopic (exact) mass is 482 g/mol. The summed E-state index contributed by atoms with van der Waals surface area (Å²) in [7, 11) is -3.89. The molecule has 4 rings (SSSR count). The number of sulfonamides is 1. The molecule has 31 heavy (non-hydrogen) atoms. The van der Waals surface area contributed by atoms with E-state index in [9.17, 15) is 23.1 Å². The molecule has 2 aliphatic carbocycles. The lowest BCUT2D eigenvalue weighted by atomic mass is 9.78. The van der Waals surface area contributed by atoms with Crippen molar-refractivity contribution in [2.75, 3.05) is 10.0 Å². The molecule has 2 aliphatic rings. The predicted molar refractivity (Wildman–Crippen MR) is 118 cm³/mol. The average molecular weight is 483 g/mol. The van der Waals surface area contributed by atoms with Gasteiger partial charge in [0.05, 0.1) is 22.4 Å². The molecule has 10 heteroatoms. The van der Waals surface area contributed by atoms with Crippen molar-refractivity contribution in [3.8, 4) is 0 Å². The fraction of sp³-hybridized carbons (Fsp3) is 0.333. The number of carboxylic acids is 1. The minimum Gasteiger partial charge on any atom is -0.481 e. The molecule has 0 spiro atoms. The van der Waals surface area contributed by atoms with Crippen molar-refractivity contribution in [1.29, 1.82) is 0 Å². The third-order valence-electron chi connectivity index (χ3n) is 6.05. The molecule has 4 atom stereocenters. The summed E-state index contributed by atoms with van der Waals surface area (Å²) in [4.78, 5) is 24.4. The number of hydrogen-bond donors (Lipinski definition) is 3. The first kappa shape index (κ1) is 21.9.